The zero-order valence-corrected chi connectivity index (χ0v) is 14.6. The molecular weight excluding hydrogens is 368 g/mol. The highest BCUT2D eigenvalue weighted by atomic mass is 35.5. The number of carbonyl (C=O) groups is 1. The van der Waals surface area contributed by atoms with Gasteiger partial charge in [-0.05, 0) is 29.8 Å². The molecule has 25 heavy (non-hydrogen) atoms. The lowest BCUT2D eigenvalue weighted by molar-refractivity contribution is -0.115. The zero-order valence-electron chi connectivity index (χ0n) is 13.0. The Balaban J connectivity index is 1.56. The number of hydrogen-bond acceptors (Lipinski definition) is 5. The van der Waals surface area contributed by atoms with Crippen molar-refractivity contribution in [1.29, 1.82) is 0 Å². The van der Waals surface area contributed by atoms with Crippen molar-refractivity contribution in [1.82, 2.24) is 4.72 Å². The minimum atomic E-state index is -3.69. The van der Waals surface area contributed by atoms with Crippen molar-refractivity contribution in [3.8, 4) is 11.5 Å². The molecule has 1 aliphatic heterocycles. The van der Waals surface area contributed by atoms with E-state index < -0.39 is 22.5 Å². The predicted octanol–water partition coefficient (Wildman–Crippen LogP) is 2.13. The van der Waals surface area contributed by atoms with Crippen molar-refractivity contribution < 1.29 is 22.7 Å². The Hall–Kier alpha value is -2.29. The molecule has 2 aromatic carbocycles. The van der Waals surface area contributed by atoms with Crippen LogP contribution >= 0.6 is 11.6 Å². The van der Waals surface area contributed by atoms with E-state index >= 15 is 0 Å². The van der Waals surface area contributed by atoms with Crippen LogP contribution in [0.4, 0.5) is 5.69 Å². The molecule has 0 atom stereocenters. The van der Waals surface area contributed by atoms with Gasteiger partial charge in [0.05, 0.1) is 23.0 Å². The molecule has 0 saturated carbocycles. The molecule has 0 bridgehead atoms. The maximum Gasteiger partial charge on any atom is 0.239 e. The summed E-state index contributed by atoms with van der Waals surface area (Å²) in [4.78, 5) is 11.9. The Morgan fingerprint density at radius 3 is 2.68 bits per heavy atom. The topological polar surface area (TPSA) is 93.7 Å². The van der Waals surface area contributed by atoms with Gasteiger partial charge in [-0.1, -0.05) is 29.8 Å². The number of amides is 1. The summed E-state index contributed by atoms with van der Waals surface area (Å²) in [6.07, 6.45) is 0. The Morgan fingerprint density at radius 2 is 1.88 bits per heavy atom. The summed E-state index contributed by atoms with van der Waals surface area (Å²) in [6.45, 7) is -0.274. The van der Waals surface area contributed by atoms with Gasteiger partial charge >= 0.3 is 0 Å². The summed E-state index contributed by atoms with van der Waals surface area (Å²) in [7, 11) is -3.69. The first kappa shape index (κ1) is 17.5. The van der Waals surface area contributed by atoms with Crippen molar-refractivity contribution in [3.63, 3.8) is 0 Å². The maximum absolute atomic E-state index is 12.1. The van der Waals surface area contributed by atoms with E-state index in [4.69, 9.17) is 21.1 Å². The molecule has 0 aliphatic carbocycles. The second kappa shape index (κ2) is 7.30. The first-order chi connectivity index (χ1) is 11.9. The number of ether oxygens (including phenoxy) is 2. The number of para-hydroxylation sites is 1. The summed E-state index contributed by atoms with van der Waals surface area (Å²) < 4.78 is 36.9. The number of halogens is 1. The lowest BCUT2D eigenvalue weighted by Gasteiger charge is -2.09. The van der Waals surface area contributed by atoms with E-state index in [9.17, 15) is 13.2 Å². The number of fused-ring (bicyclic) bond motifs is 1. The Morgan fingerprint density at radius 1 is 1.12 bits per heavy atom. The normalized spacial score (nSPS) is 12.8. The highest BCUT2D eigenvalue weighted by Crippen LogP contribution is 2.32. The summed E-state index contributed by atoms with van der Waals surface area (Å²) in [5.74, 6) is 0.294. The van der Waals surface area contributed by atoms with Crippen LogP contribution in [0.1, 0.15) is 5.56 Å². The number of nitrogens with one attached hydrogen (secondary N) is 2. The van der Waals surface area contributed by atoms with Crippen molar-refractivity contribution in [3.05, 3.63) is 53.1 Å². The lowest BCUT2D eigenvalue weighted by Crippen LogP contribution is -2.33. The van der Waals surface area contributed by atoms with Gasteiger partial charge in [-0.3, -0.25) is 4.79 Å². The lowest BCUT2D eigenvalue weighted by atomic mass is 10.2. The highest BCUT2D eigenvalue weighted by Gasteiger charge is 2.18. The third-order valence-corrected chi connectivity index (χ3v) is 5.02. The third kappa shape index (κ3) is 4.62. The van der Waals surface area contributed by atoms with E-state index in [-0.39, 0.29) is 12.5 Å². The van der Waals surface area contributed by atoms with E-state index in [0.717, 1.165) is 0 Å². The first-order valence-corrected chi connectivity index (χ1v) is 9.36. The van der Waals surface area contributed by atoms with Crippen LogP contribution in [0.5, 0.6) is 11.5 Å². The number of sulfonamides is 1. The number of anilines is 1. The highest BCUT2D eigenvalue weighted by molar-refractivity contribution is 7.88. The molecule has 7 nitrogen and oxygen atoms in total. The van der Waals surface area contributed by atoms with Crippen molar-refractivity contribution in [2.45, 2.75) is 5.75 Å². The van der Waals surface area contributed by atoms with Crippen LogP contribution in [-0.2, 0) is 20.6 Å². The predicted molar refractivity (Wildman–Crippen MR) is 93.3 cm³/mol. The van der Waals surface area contributed by atoms with E-state index in [0.29, 0.717) is 27.8 Å². The molecule has 0 fully saturated rings. The van der Waals surface area contributed by atoms with E-state index in [1.807, 2.05) is 0 Å². The molecule has 3 rings (SSSR count). The minimum Gasteiger partial charge on any atom is -0.454 e. The average molecular weight is 383 g/mol. The summed E-state index contributed by atoms with van der Waals surface area (Å²) in [6, 6.07) is 11.6. The van der Waals surface area contributed by atoms with Crippen LogP contribution in [0, 0.1) is 0 Å². The number of carbonyl (C=O) groups excluding carboxylic acids is 1. The van der Waals surface area contributed by atoms with Crippen LogP contribution in [0.15, 0.2) is 42.5 Å². The fourth-order valence-corrected chi connectivity index (χ4v) is 3.49. The molecule has 0 radical (unpaired) electrons. The molecule has 1 amide bonds. The fourth-order valence-electron chi connectivity index (χ4n) is 2.23. The van der Waals surface area contributed by atoms with Gasteiger partial charge in [0.2, 0.25) is 22.7 Å². The second-order valence-corrected chi connectivity index (χ2v) is 7.51. The van der Waals surface area contributed by atoms with E-state index in [1.165, 1.54) is 0 Å². The van der Waals surface area contributed by atoms with Gasteiger partial charge in [0.1, 0.15) is 0 Å². The summed E-state index contributed by atoms with van der Waals surface area (Å²) in [5.41, 5.74) is 0.951. The van der Waals surface area contributed by atoms with Crippen molar-refractivity contribution in [2.75, 3.05) is 18.7 Å². The summed E-state index contributed by atoms with van der Waals surface area (Å²) in [5, 5.41) is 2.92. The smallest absolute Gasteiger partial charge is 0.239 e. The van der Waals surface area contributed by atoms with Crippen molar-refractivity contribution >= 4 is 33.2 Å². The van der Waals surface area contributed by atoms with Crippen molar-refractivity contribution in [2.24, 2.45) is 0 Å². The Kier molecular flexibility index (Phi) is 5.12. The number of hydrogen-bond donors (Lipinski definition) is 2. The van der Waals surface area contributed by atoms with Gasteiger partial charge in [0.25, 0.3) is 0 Å². The van der Waals surface area contributed by atoms with Gasteiger partial charge in [0.15, 0.2) is 11.5 Å². The molecule has 0 unspecified atom stereocenters. The second-order valence-electron chi connectivity index (χ2n) is 5.30. The van der Waals surface area contributed by atoms with Gasteiger partial charge < -0.3 is 14.8 Å². The molecule has 1 aliphatic rings. The maximum atomic E-state index is 12.1. The van der Waals surface area contributed by atoms with Gasteiger partial charge in [-0.15, -0.1) is 0 Å². The zero-order chi connectivity index (χ0) is 17.9. The third-order valence-electron chi connectivity index (χ3n) is 3.39. The van der Waals surface area contributed by atoms with Crippen LogP contribution in [0.25, 0.3) is 0 Å². The van der Waals surface area contributed by atoms with Crippen LogP contribution < -0.4 is 19.5 Å². The summed E-state index contributed by atoms with van der Waals surface area (Å²) >= 11 is 5.94. The molecule has 2 aromatic rings. The standard InChI is InChI=1S/C16H15ClN2O5S/c17-12-3-1-2-4-13(12)19-16(20)8-18-25(21,22)9-11-5-6-14-15(7-11)24-10-23-14/h1-7,18H,8-10H2,(H,19,20). The molecule has 0 spiro atoms. The van der Waals surface area contributed by atoms with Crippen LogP contribution in [0.2, 0.25) is 5.02 Å². The Labute approximate surface area is 149 Å². The quantitative estimate of drug-likeness (QED) is 0.798. The average Bonchev–Trinajstić information content (AvgIpc) is 3.02. The van der Waals surface area contributed by atoms with Crippen LogP contribution in [-0.4, -0.2) is 27.7 Å². The minimum absolute atomic E-state index is 0.117. The van der Waals surface area contributed by atoms with Gasteiger partial charge in [-0.25, -0.2) is 13.1 Å². The van der Waals surface area contributed by atoms with Gasteiger partial charge in [0, 0.05) is 0 Å². The van der Waals surface area contributed by atoms with E-state index in [1.54, 1.807) is 42.5 Å². The largest absolute Gasteiger partial charge is 0.454 e. The van der Waals surface area contributed by atoms with Crippen LogP contribution in [0.3, 0.4) is 0 Å². The molecule has 9 heteroatoms. The number of benzene rings is 2. The molecular formula is C16H15ClN2O5S. The molecule has 1 heterocycles. The monoisotopic (exact) mass is 382 g/mol. The van der Waals surface area contributed by atoms with Gasteiger partial charge in [-0.2, -0.15) is 0 Å². The SMILES string of the molecule is O=C(CNS(=O)(=O)Cc1ccc2c(c1)OCO2)Nc1ccccc1Cl. The molecule has 0 saturated heterocycles. The number of rotatable bonds is 6. The molecule has 132 valence electrons. The fraction of sp³-hybridized carbons (Fsp3) is 0.188. The first-order valence-electron chi connectivity index (χ1n) is 7.33. The molecule has 0 aromatic heterocycles. The molecule has 2 N–H and O–H groups in total. The van der Waals surface area contributed by atoms with E-state index in [2.05, 4.69) is 10.0 Å². The Bertz CT molecular complexity index is 901.